The number of anilines is 1. The summed E-state index contributed by atoms with van der Waals surface area (Å²) in [5, 5.41) is 18.6. The van der Waals surface area contributed by atoms with E-state index >= 15 is 0 Å². The van der Waals surface area contributed by atoms with Gasteiger partial charge in [-0.25, -0.2) is 9.78 Å². The van der Waals surface area contributed by atoms with E-state index in [4.69, 9.17) is 0 Å². The van der Waals surface area contributed by atoms with Gasteiger partial charge in [0.05, 0.1) is 5.60 Å². The number of carbonyl (C=O) groups excluding carboxylic acids is 1. The average molecular weight is 317 g/mol. The molecule has 1 aliphatic carbocycles. The zero-order valence-electron chi connectivity index (χ0n) is 12.2. The molecule has 5 nitrogen and oxygen atoms in total. The monoisotopic (exact) mass is 317 g/mol. The zero-order chi connectivity index (χ0) is 15.4. The first-order valence-electron chi connectivity index (χ1n) is 7.42. The molecule has 3 N–H and O–H groups in total. The van der Waals surface area contributed by atoms with Gasteiger partial charge in [0, 0.05) is 29.4 Å². The highest BCUT2D eigenvalue weighted by Crippen LogP contribution is 2.28. The second-order valence-electron chi connectivity index (χ2n) is 5.66. The smallest absolute Gasteiger partial charge is 0.319 e. The van der Waals surface area contributed by atoms with Gasteiger partial charge < -0.3 is 15.7 Å². The third kappa shape index (κ3) is 3.64. The molecule has 1 heterocycles. The van der Waals surface area contributed by atoms with Gasteiger partial charge in [-0.1, -0.05) is 25.0 Å². The van der Waals surface area contributed by atoms with E-state index in [9.17, 15) is 9.90 Å². The zero-order valence-corrected chi connectivity index (χ0v) is 13.0. The van der Waals surface area contributed by atoms with Gasteiger partial charge in [-0.15, -0.1) is 11.3 Å². The number of nitrogens with zero attached hydrogens (tertiary/aromatic N) is 1. The number of urea groups is 1. The standard InChI is InChI=1S/C16H19N3O2S/c20-15(18-11-16(21)6-1-2-7-16)19-13-5-3-4-12(10-13)14-17-8-9-22-14/h3-5,8-10,21H,1-2,6-7,11H2,(H2,18,19,20). The average Bonchev–Trinajstić information content (AvgIpc) is 3.18. The van der Waals surface area contributed by atoms with Crippen LogP contribution < -0.4 is 10.6 Å². The minimum Gasteiger partial charge on any atom is -0.388 e. The number of benzene rings is 1. The molecule has 0 atom stereocenters. The van der Waals surface area contributed by atoms with Crippen molar-refractivity contribution in [2.24, 2.45) is 0 Å². The Labute approximate surface area is 133 Å². The second kappa shape index (κ2) is 6.46. The van der Waals surface area contributed by atoms with Crippen molar-refractivity contribution >= 4 is 23.1 Å². The van der Waals surface area contributed by atoms with Gasteiger partial charge in [-0.2, -0.15) is 0 Å². The van der Waals surface area contributed by atoms with Gasteiger partial charge in [-0.05, 0) is 25.0 Å². The molecule has 0 spiro atoms. The van der Waals surface area contributed by atoms with Crippen LogP contribution in [-0.2, 0) is 0 Å². The SMILES string of the molecule is O=C(NCC1(O)CCCC1)Nc1cccc(-c2nccs2)c1. The topological polar surface area (TPSA) is 74.2 Å². The van der Waals surface area contributed by atoms with Crippen molar-refractivity contribution in [3.05, 3.63) is 35.8 Å². The molecular weight excluding hydrogens is 298 g/mol. The maximum absolute atomic E-state index is 12.0. The molecule has 0 unspecified atom stereocenters. The van der Waals surface area contributed by atoms with Crippen molar-refractivity contribution in [1.82, 2.24) is 10.3 Å². The fraction of sp³-hybridized carbons (Fsp3) is 0.375. The van der Waals surface area contributed by atoms with E-state index in [1.807, 2.05) is 29.6 Å². The van der Waals surface area contributed by atoms with Crippen molar-refractivity contribution in [1.29, 1.82) is 0 Å². The summed E-state index contributed by atoms with van der Waals surface area (Å²) in [7, 11) is 0. The molecule has 6 heteroatoms. The van der Waals surface area contributed by atoms with E-state index in [1.54, 1.807) is 17.5 Å². The summed E-state index contributed by atoms with van der Waals surface area (Å²) in [5.74, 6) is 0. The Hall–Kier alpha value is -1.92. The third-order valence-electron chi connectivity index (χ3n) is 3.91. The molecule has 2 aromatic rings. The van der Waals surface area contributed by atoms with E-state index in [1.165, 1.54) is 0 Å². The molecule has 22 heavy (non-hydrogen) atoms. The number of thiazole rings is 1. The van der Waals surface area contributed by atoms with Crippen LogP contribution in [0.4, 0.5) is 10.5 Å². The number of amides is 2. The molecule has 1 fully saturated rings. The second-order valence-corrected chi connectivity index (χ2v) is 6.55. The summed E-state index contributed by atoms with van der Waals surface area (Å²) >= 11 is 1.56. The lowest BCUT2D eigenvalue weighted by molar-refractivity contribution is 0.0506. The minimum absolute atomic E-state index is 0.295. The van der Waals surface area contributed by atoms with Crippen molar-refractivity contribution in [2.45, 2.75) is 31.3 Å². The van der Waals surface area contributed by atoms with Crippen LogP contribution in [0.1, 0.15) is 25.7 Å². The molecule has 0 bridgehead atoms. The predicted octanol–water partition coefficient (Wildman–Crippen LogP) is 3.24. The van der Waals surface area contributed by atoms with E-state index in [0.717, 1.165) is 36.3 Å². The molecule has 1 aromatic carbocycles. The van der Waals surface area contributed by atoms with Crippen molar-refractivity contribution < 1.29 is 9.90 Å². The molecule has 116 valence electrons. The Balaban J connectivity index is 1.58. The van der Waals surface area contributed by atoms with Crippen LogP contribution in [0.5, 0.6) is 0 Å². The highest BCUT2D eigenvalue weighted by Gasteiger charge is 2.31. The summed E-state index contributed by atoms with van der Waals surface area (Å²) in [5.41, 5.74) is 0.950. The molecule has 0 radical (unpaired) electrons. The number of nitrogens with one attached hydrogen (secondary N) is 2. The van der Waals surface area contributed by atoms with E-state index < -0.39 is 5.60 Å². The molecule has 0 aliphatic heterocycles. The van der Waals surface area contributed by atoms with Crippen molar-refractivity contribution in [2.75, 3.05) is 11.9 Å². The Kier molecular flexibility index (Phi) is 4.40. The first-order chi connectivity index (χ1) is 10.6. The number of aliphatic hydroxyl groups is 1. The maximum atomic E-state index is 12.0. The molecular formula is C16H19N3O2S. The number of hydrogen-bond acceptors (Lipinski definition) is 4. The number of aromatic nitrogens is 1. The number of rotatable bonds is 4. The Morgan fingerprint density at radius 1 is 1.36 bits per heavy atom. The molecule has 3 rings (SSSR count). The fourth-order valence-corrected chi connectivity index (χ4v) is 3.36. The van der Waals surface area contributed by atoms with Crippen LogP contribution >= 0.6 is 11.3 Å². The van der Waals surface area contributed by atoms with Crippen LogP contribution in [0.2, 0.25) is 0 Å². The first-order valence-corrected chi connectivity index (χ1v) is 8.30. The minimum atomic E-state index is -0.736. The summed E-state index contributed by atoms with van der Waals surface area (Å²) in [6.45, 7) is 0.297. The lowest BCUT2D eigenvalue weighted by atomic mass is 10.0. The van der Waals surface area contributed by atoms with Crippen LogP contribution in [0, 0.1) is 0 Å². The highest BCUT2D eigenvalue weighted by atomic mass is 32.1. The largest absolute Gasteiger partial charge is 0.388 e. The number of hydrogen-bond donors (Lipinski definition) is 3. The van der Waals surface area contributed by atoms with Gasteiger partial charge >= 0.3 is 6.03 Å². The summed E-state index contributed by atoms with van der Waals surface area (Å²) in [6, 6.07) is 7.28. The third-order valence-corrected chi connectivity index (χ3v) is 4.73. The summed E-state index contributed by atoms with van der Waals surface area (Å²) in [4.78, 5) is 16.2. The van der Waals surface area contributed by atoms with E-state index in [-0.39, 0.29) is 6.03 Å². The highest BCUT2D eigenvalue weighted by molar-refractivity contribution is 7.13. The van der Waals surface area contributed by atoms with E-state index in [0.29, 0.717) is 12.2 Å². The molecule has 1 saturated carbocycles. The van der Waals surface area contributed by atoms with Gasteiger partial charge in [0.15, 0.2) is 0 Å². The van der Waals surface area contributed by atoms with Gasteiger partial charge in [0.25, 0.3) is 0 Å². The quantitative estimate of drug-likeness (QED) is 0.810. The van der Waals surface area contributed by atoms with Crippen molar-refractivity contribution in [3.63, 3.8) is 0 Å². The normalized spacial score (nSPS) is 16.4. The lowest BCUT2D eigenvalue weighted by Crippen LogP contribution is -2.42. The van der Waals surface area contributed by atoms with Crippen molar-refractivity contribution in [3.8, 4) is 10.6 Å². The van der Waals surface area contributed by atoms with Gasteiger partial charge in [0.2, 0.25) is 0 Å². The van der Waals surface area contributed by atoms with Crippen LogP contribution in [0.3, 0.4) is 0 Å². The predicted molar refractivity (Wildman–Crippen MR) is 88.0 cm³/mol. The molecule has 1 aromatic heterocycles. The Bertz CT molecular complexity index is 637. The lowest BCUT2D eigenvalue weighted by Gasteiger charge is -2.22. The molecule has 2 amide bonds. The molecule has 1 aliphatic rings. The van der Waals surface area contributed by atoms with Crippen LogP contribution in [0.15, 0.2) is 35.8 Å². The fourth-order valence-electron chi connectivity index (χ4n) is 2.73. The maximum Gasteiger partial charge on any atom is 0.319 e. The van der Waals surface area contributed by atoms with Gasteiger partial charge in [0.1, 0.15) is 5.01 Å². The summed E-state index contributed by atoms with van der Waals surface area (Å²) < 4.78 is 0. The molecule has 0 saturated heterocycles. The Morgan fingerprint density at radius 2 is 2.18 bits per heavy atom. The Morgan fingerprint density at radius 3 is 2.91 bits per heavy atom. The number of carbonyl (C=O) groups is 1. The summed E-state index contributed by atoms with van der Waals surface area (Å²) in [6.07, 6.45) is 5.32. The van der Waals surface area contributed by atoms with Gasteiger partial charge in [-0.3, -0.25) is 0 Å². The van der Waals surface area contributed by atoms with Crippen LogP contribution in [0.25, 0.3) is 10.6 Å². The van der Waals surface area contributed by atoms with E-state index in [2.05, 4.69) is 15.6 Å². The van der Waals surface area contributed by atoms with Crippen LogP contribution in [-0.4, -0.2) is 28.3 Å². The first kappa shape index (κ1) is 15.0.